The van der Waals surface area contributed by atoms with Gasteiger partial charge in [-0.05, 0) is 0 Å². The molecule has 1 N–H and O–H groups in total. The number of thiazole rings is 1. The lowest BCUT2D eigenvalue weighted by atomic mass is 10.2. The van der Waals surface area contributed by atoms with Crippen molar-refractivity contribution in [2.75, 3.05) is 6.54 Å². The van der Waals surface area contributed by atoms with E-state index in [0.29, 0.717) is 12.5 Å². The van der Waals surface area contributed by atoms with Gasteiger partial charge in [0.2, 0.25) is 0 Å². The van der Waals surface area contributed by atoms with Gasteiger partial charge in [0.05, 0.1) is 16.4 Å². The maximum absolute atomic E-state index is 10.8. The van der Waals surface area contributed by atoms with Crippen molar-refractivity contribution in [1.29, 1.82) is 0 Å². The highest BCUT2D eigenvalue weighted by Crippen LogP contribution is 2.29. The highest BCUT2D eigenvalue weighted by molar-refractivity contribution is 7.11. The van der Waals surface area contributed by atoms with Crippen LogP contribution < -0.4 is 5.32 Å². The van der Waals surface area contributed by atoms with Crippen LogP contribution >= 0.6 is 11.3 Å². The number of alkyl carbamates (subject to hydrolysis) is 1. The van der Waals surface area contributed by atoms with Crippen LogP contribution in [0.15, 0.2) is 6.20 Å². The van der Waals surface area contributed by atoms with Crippen LogP contribution in [0.2, 0.25) is 0 Å². The topological polar surface area (TPSA) is 51.2 Å². The molecule has 1 aliphatic rings. The summed E-state index contributed by atoms with van der Waals surface area (Å²) in [5.41, 5.74) is 0. The molecule has 76 valence electrons. The Morgan fingerprint density at radius 1 is 1.71 bits per heavy atom. The van der Waals surface area contributed by atoms with Crippen molar-refractivity contribution >= 4 is 17.4 Å². The fourth-order valence-corrected chi connectivity index (χ4v) is 2.21. The van der Waals surface area contributed by atoms with Gasteiger partial charge in [-0.3, -0.25) is 0 Å². The molecule has 0 aromatic carbocycles. The number of hydrogen-bond acceptors (Lipinski definition) is 4. The molecule has 1 unspecified atom stereocenters. The number of ether oxygens (including phenoxy) is 1. The van der Waals surface area contributed by atoms with E-state index in [1.54, 1.807) is 17.5 Å². The Morgan fingerprint density at radius 3 is 3.00 bits per heavy atom. The zero-order chi connectivity index (χ0) is 10.1. The summed E-state index contributed by atoms with van der Waals surface area (Å²) >= 11 is 1.61. The molecule has 1 aliphatic heterocycles. The van der Waals surface area contributed by atoms with Crippen LogP contribution in [0.4, 0.5) is 4.79 Å². The lowest BCUT2D eigenvalue weighted by Crippen LogP contribution is -2.12. The number of aromatic nitrogens is 1. The number of nitrogens with zero attached hydrogens (tertiary/aromatic N) is 1. The summed E-state index contributed by atoms with van der Waals surface area (Å²) in [6.45, 7) is 4.75. The van der Waals surface area contributed by atoms with E-state index in [2.05, 4.69) is 24.1 Å². The third kappa shape index (κ3) is 1.72. The molecule has 1 saturated heterocycles. The van der Waals surface area contributed by atoms with Gasteiger partial charge in [-0.2, -0.15) is 0 Å². The third-order valence-corrected chi connectivity index (χ3v) is 3.42. The zero-order valence-electron chi connectivity index (χ0n) is 8.11. The number of carbonyl (C=O) groups is 1. The van der Waals surface area contributed by atoms with Gasteiger partial charge < -0.3 is 10.1 Å². The summed E-state index contributed by atoms with van der Waals surface area (Å²) in [7, 11) is 0. The van der Waals surface area contributed by atoms with Crippen molar-refractivity contribution in [2.45, 2.75) is 25.9 Å². The highest BCUT2D eigenvalue weighted by Gasteiger charge is 2.26. The molecule has 4 nitrogen and oxygen atoms in total. The van der Waals surface area contributed by atoms with Gasteiger partial charge >= 0.3 is 6.09 Å². The molecule has 14 heavy (non-hydrogen) atoms. The van der Waals surface area contributed by atoms with Crippen molar-refractivity contribution in [3.8, 4) is 0 Å². The minimum absolute atomic E-state index is 0.146. The van der Waals surface area contributed by atoms with Crippen molar-refractivity contribution < 1.29 is 9.53 Å². The van der Waals surface area contributed by atoms with E-state index in [9.17, 15) is 4.79 Å². The molecule has 1 aromatic heterocycles. The Labute approximate surface area is 86.3 Å². The van der Waals surface area contributed by atoms with Crippen LogP contribution in [-0.4, -0.2) is 17.6 Å². The Kier molecular flexibility index (Phi) is 2.41. The molecule has 1 atom stereocenters. The number of carbonyl (C=O) groups excluding carboxylic acids is 1. The van der Waals surface area contributed by atoms with Gasteiger partial charge in [0.25, 0.3) is 0 Å². The van der Waals surface area contributed by atoms with Crippen LogP contribution in [-0.2, 0) is 4.74 Å². The molecule has 0 spiro atoms. The number of rotatable bonds is 2. The van der Waals surface area contributed by atoms with Crippen molar-refractivity contribution in [3.05, 3.63) is 16.1 Å². The Balaban J connectivity index is 2.13. The van der Waals surface area contributed by atoms with E-state index in [0.717, 1.165) is 9.88 Å². The fourth-order valence-electron chi connectivity index (χ4n) is 1.26. The van der Waals surface area contributed by atoms with Crippen LogP contribution in [0.3, 0.4) is 0 Å². The first-order chi connectivity index (χ1) is 6.66. The third-order valence-electron chi connectivity index (χ3n) is 2.03. The van der Waals surface area contributed by atoms with Gasteiger partial charge in [-0.25, -0.2) is 9.78 Å². The SMILES string of the molecule is CC(C)c1ncc(C2CNC(=O)O2)s1. The number of nitrogens with one attached hydrogen (secondary N) is 1. The number of amides is 1. The molecule has 1 aromatic rings. The van der Waals surface area contributed by atoms with Crippen LogP contribution in [0.1, 0.15) is 35.8 Å². The van der Waals surface area contributed by atoms with Crippen molar-refractivity contribution in [3.63, 3.8) is 0 Å². The Morgan fingerprint density at radius 2 is 2.50 bits per heavy atom. The molecule has 5 heteroatoms. The monoisotopic (exact) mass is 212 g/mol. The van der Waals surface area contributed by atoms with Gasteiger partial charge in [0, 0.05) is 12.1 Å². The number of hydrogen-bond donors (Lipinski definition) is 1. The second kappa shape index (κ2) is 3.57. The lowest BCUT2D eigenvalue weighted by molar-refractivity contribution is 0.142. The second-order valence-electron chi connectivity index (χ2n) is 3.53. The highest BCUT2D eigenvalue weighted by atomic mass is 32.1. The standard InChI is InChI=1S/C9H12N2O2S/c1-5(2)8-10-4-7(14-8)6-3-11-9(12)13-6/h4-6H,3H2,1-2H3,(H,11,12). The van der Waals surface area contributed by atoms with Crippen molar-refractivity contribution in [2.24, 2.45) is 0 Å². The molecular formula is C9H12N2O2S. The van der Waals surface area contributed by atoms with Crippen LogP contribution in [0.5, 0.6) is 0 Å². The second-order valence-corrected chi connectivity index (χ2v) is 4.62. The average molecular weight is 212 g/mol. The van der Waals surface area contributed by atoms with Crippen LogP contribution in [0, 0.1) is 0 Å². The largest absolute Gasteiger partial charge is 0.439 e. The summed E-state index contributed by atoms with van der Waals surface area (Å²) in [5, 5.41) is 3.71. The van der Waals surface area contributed by atoms with Gasteiger partial charge in [0.1, 0.15) is 0 Å². The number of cyclic esters (lactones) is 1. The summed E-state index contributed by atoms with van der Waals surface area (Å²) in [4.78, 5) is 16.1. The van der Waals surface area contributed by atoms with E-state index >= 15 is 0 Å². The van der Waals surface area contributed by atoms with E-state index < -0.39 is 0 Å². The first kappa shape index (κ1) is 9.45. The Hall–Kier alpha value is -1.10. The van der Waals surface area contributed by atoms with Crippen LogP contribution in [0.25, 0.3) is 0 Å². The van der Waals surface area contributed by atoms with Crippen molar-refractivity contribution in [1.82, 2.24) is 10.3 Å². The minimum atomic E-state index is -0.338. The predicted octanol–water partition coefficient (Wildman–Crippen LogP) is 2.05. The molecule has 0 bridgehead atoms. The first-order valence-corrected chi connectivity index (χ1v) is 5.38. The van der Waals surface area contributed by atoms with E-state index in [4.69, 9.17) is 4.74 Å². The van der Waals surface area contributed by atoms with E-state index in [-0.39, 0.29) is 12.2 Å². The molecule has 0 radical (unpaired) electrons. The van der Waals surface area contributed by atoms with Gasteiger partial charge in [-0.1, -0.05) is 13.8 Å². The molecule has 0 saturated carbocycles. The van der Waals surface area contributed by atoms with E-state index in [1.807, 2.05) is 0 Å². The predicted molar refractivity (Wildman–Crippen MR) is 53.4 cm³/mol. The first-order valence-electron chi connectivity index (χ1n) is 4.57. The fraction of sp³-hybridized carbons (Fsp3) is 0.556. The summed E-state index contributed by atoms with van der Waals surface area (Å²) in [6, 6.07) is 0. The quantitative estimate of drug-likeness (QED) is 0.816. The zero-order valence-corrected chi connectivity index (χ0v) is 8.93. The molecule has 0 aliphatic carbocycles. The smallest absolute Gasteiger partial charge is 0.407 e. The average Bonchev–Trinajstić information content (AvgIpc) is 2.70. The maximum Gasteiger partial charge on any atom is 0.407 e. The summed E-state index contributed by atoms with van der Waals surface area (Å²) in [6.07, 6.45) is 1.31. The summed E-state index contributed by atoms with van der Waals surface area (Å²) < 4.78 is 5.06. The lowest BCUT2D eigenvalue weighted by Gasteiger charge is -2.02. The van der Waals surface area contributed by atoms with E-state index in [1.165, 1.54) is 0 Å². The van der Waals surface area contributed by atoms with Gasteiger partial charge in [-0.15, -0.1) is 11.3 Å². The maximum atomic E-state index is 10.8. The molecule has 2 rings (SSSR count). The Bertz CT molecular complexity index is 348. The molecule has 2 heterocycles. The summed E-state index contributed by atoms with van der Waals surface area (Å²) in [5.74, 6) is 0.429. The molecule has 1 fully saturated rings. The molecule has 1 amide bonds. The molecular weight excluding hydrogens is 200 g/mol. The van der Waals surface area contributed by atoms with Gasteiger partial charge in [0.15, 0.2) is 6.10 Å². The minimum Gasteiger partial charge on any atom is -0.439 e. The normalized spacial score (nSPS) is 21.1.